The smallest absolute Gasteiger partial charge is 0.303 e. The van der Waals surface area contributed by atoms with Crippen molar-refractivity contribution in [1.29, 1.82) is 0 Å². The summed E-state index contributed by atoms with van der Waals surface area (Å²) in [6.45, 7) is 1.78. The number of aliphatic hydroxyl groups excluding tert-OH is 2. The Hall–Kier alpha value is -0.300. The number of carbonyl (C=O) groups excluding carboxylic acids is 4. The molecule has 1 aromatic rings. The van der Waals surface area contributed by atoms with Crippen molar-refractivity contribution in [3.63, 3.8) is 0 Å². The zero-order chi connectivity index (χ0) is 22.5. The van der Waals surface area contributed by atoms with Gasteiger partial charge < -0.3 is 25.6 Å². The molecule has 0 bridgehead atoms. The Morgan fingerprint density at radius 3 is 2.14 bits per heavy atom. The van der Waals surface area contributed by atoms with Crippen LogP contribution in [0.1, 0.15) is 34.6 Å². The van der Waals surface area contributed by atoms with Crippen LogP contribution in [0.4, 0.5) is 5.69 Å². The van der Waals surface area contributed by atoms with Gasteiger partial charge in [-0.05, 0) is 86.3 Å². The fourth-order valence-electron chi connectivity index (χ4n) is 2.04. The molecule has 1 rings (SSSR count). The molecule has 0 aromatic heterocycles. The van der Waals surface area contributed by atoms with E-state index in [1.165, 1.54) is 6.92 Å². The van der Waals surface area contributed by atoms with Crippen LogP contribution in [0, 0.1) is 10.7 Å². The number of esters is 1. The maximum absolute atomic E-state index is 12.7. The van der Waals surface area contributed by atoms with Crippen molar-refractivity contribution in [2.24, 2.45) is 0 Å². The Morgan fingerprint density at radius 1 is 1.10 bits per heavy atom. The molecule has 2 atom stereocenters. The van der Waals surface area contributed by atoms with E-state index >= 15 is 0 Å². The normalized spacial score (nSPS) is 12.7. The standard InChI is InChI=1S/C16H16ClI3N2O7/c1-5(29-6(2)24)15(27)22-13-11(19)8(14(17)26)10(18)9(12(13)20)16(28)21-3-7(25)4-23/h5,7,23,25H,3-4H2,1-2H3,(H,21,28)(H,22,27). The lowest BCUT2D eigenvalue weighted by atomic mass is 10.1. The summed E-state index contributed by atoms with van der Waals surface area (Å²) >= 11 is 11.2. The van der Waals surface area contributed by atoms with Crippen LogP contribution in [0.15, 0.2) is 0 Å². The molecule has 0 aliphatic heterocycles. The molecule has 0 fully saturated rings. The van der Waals surface area contributed by atoms with Crippen molar-refractivity contribution < 1.29 is 34.1 Å². The summed E-state index contributed by atoms with van der Waals surface area (Å²) in [6.07, 6.45) is -2.26. The lowest BCUT2D eigenvalue weighted by Crippen LogP contribution is -2.35. The average molecular weight is 764 g/mol. The number of aliphatic hydroxyl groups is 2. The van der Waals surface area contributed by atoms with Gasteiger partial charge in [0.2, 0.25) is 0 Å². The highest BCUT2D eigenvalue weighted by atomic mass is 127. The topological polar surface area (TPSA) is 142 Å². The van der Waals surface area contributed by atoms with Gasteiger partial charge in [0.15, 0.2) is 6.10 Å². The van der Waals surface area contributed by atoms with E-state index in [1.807, 2.05) is 45.2 Å². The summed E-state index contributed by atoms with van der Waals surface area (Å²) in [5.74, 6) is -1.93. The van der Waals surface area contributed by atoms with Gasteiger partial charge in [0.1, 0.15) is 0 Å². The molecule has 1 aromatic carbocycles. The minimum Gasteiger partial charge on any atom is -0.453 e. The van der Waals surface area contributed by atoms with E-state index in [9.17, 15) is 24.3 Å². The molecule has 0 heterocycles. The summed E-state index contributed by atoms with van der Waals surface area (Å²) in [5, 5.41) is 22.5. The molecular formula is C16H16ClI3N2O7. The molecule has 2 unspecified atom stereocenters. The van der Waals surface area contributed by atoms with Gasteiger partial charge in [-0.25, -0.2) is 0 Å². The van der Waals surface area contributed by atoms with E-state index in [2.05, 4.69) is 10.6 Å². The fraction of sp³-hybridized carbons (Fsp3) is 0.375. The fourth-order valence-corrected chi connectivity index (χ4v) is 6.96. The molecule has 0 radical (unpaired) electrons. The second-order valence-corrected chi connectivity index (χ2v) is 9.21. The highest BCUT2D eigenvalue weighted by Gasteiger charge is 2.29. The first-order valence-corrected chi connectivity index (χ1v) is 11.5. The van der Waals surface area contributed by atoms with Crippen LogP contribution in [0.2, 0.25) is 0 Å². The molecule has 160 valence electrons. The lowest BCUT2D eigenvalue weighted by molar-refractivity contribution is -0.150. The summed E-state index contributed by atoms with van der Waals surface area (Å²) in [4.78, 5) is 48.1. The third-order valence-corrected chi connectivity index (χ3v) is 6.83. The number of hydrogen-bond donors (Lipinski definition) is 4. The largest absolute Gasteiger partial charge is 0.453 e. The number of halogens is 4. The summed E-state index contributed by atoms with van der Waals surface area (Å²) in [5.41, 5.74) is 0.250. The van der Waals surface area contributed by atoms with Gasteiger partial charge in [0, 0.05) is 17.0 Å². The predicted octanol–water partition coefficient (Wildman–Crippen LogP) is 1.85. The Kier molecular flexibility index (Phi) is 11.0. The number of anilines is 1. The van der Waals surface area contributed by atoms with E-state index < -0.39 is 41.8 Å². The van der Waals surface area contributed by atoms with Crippen molar-refractivity contribution >= 4 is 108 Å². The maximum Gasteiger partial charge on any atom is 0.303 e. The Bertz CT molecular complexity index is 851. The van der Waals surface area contributed by atoms with Crippen LogP contribution in [-0.2, 0) is 14.3 Å². The number of rotatable bonds is 8. The van der Waals surface area contributed by atoms with Gasteiger partial charge in [0.25, 0.3) is 17.1 Å². The number of nitrogens with one attached hydrogen (secondary N) is 2. The van der Waals surface area contributed by atoms with Crippen molar-refractivity contribution in [3.8, 4) is 0 Å². The monoisotopic (exact) mass is 764 g/mol. The Balaban J connectivity index is 3.44. The first kappa shape index (κ1) is 26.7. The maximum atomic E-state index is 12.7. The number of carbonyl (C=O) groups is 4. The van der Waals surface area contributed by atoms with Crippen LogP contribution in [0.5, 0.6) is 0 Å². The molecular weight excluding hydrogens is 748 g/mol. The summed E-state index contributed by atoms with van der Waals surface area (Å²) in [7, 11) is 0. The molecule has 13 heteroatoms. The van der Waals surface area contributed by atoms with Crippen molar-refractivity contribution in [2.45, 2.75) is 26.1 Å². The molecule has 0 saturated heterocycles. The van der Waals surface area contributed by atoms with E-state index in [1.54, 1.807) is 22.6 Å². The van der Waals surface area contributed by atoms with Gasteiger partial charge in [0.05, 0.1) is 36.7 Å². The van der Waals surface area contributed by atoms with Crippen LogP contribution < -0.4 is 10.6 Å². The van der Waals surface area contributed by atoms with Gasteiger partial charge in [-0.1, -0.05) is 0 Å². The third kappa shape index (κ3) is 7.12. The lowest BCUT2D eigenvalue weighted by Gasteiger charge is -2.20. The van der Waals surface area contributed by atoms with E-state index in [0.29, 0.717) is 7.14 Å². The number of hydrogen-bond acceptors (Lipinski definition) is 7. The Labute approximate surface area is 212 Å². The van der Waals surface area contributed by atoms with Gasteiger partial charge >= 0.3 is 5.97 Å². The number of ether oxygens (including phenoxy) is 1. The van der Waals surface area contributed by atoms with Crippen molar-refractivity contribution in [3.05, 3.63) is 21.8 Å². The average Bonchev–Trinajstić information content (AvgIpc) is 2.61. The van der Waals surface area contributed by atoms with Crippen molar-refractivity contribution in [2.75, 3.05) is 18.5 Å². The highest BCUT2D eigenvalue weighted by Crippen LogP contribution is 2.36. The van der Waals surface area contributed by atoms with E-state index in [4.69, 9.17) is 21.4 Å². The zero-order valence-corrected chi connectivity index (χ0v) is 22.2. The number of amides is 2. The third-order valence-electron chi connectivity index (χ3n) is 3.41. The van der Waals surface area contributed by atoms with Crippen LogP contribution in [0.25, 0.3) is 0 Å². The molecule has 0 aliphatic rings. The minimum absolute atomic E-state index is 0.0246. The molecule has 0 spiro atoms. The van der Waals surface area contributed by atoms with Crippen LogP contribution in [-0.4, -0.2) is 58.6 Å². The first-order valence-electron chi connectivity index (χ1n) is 7.87. The zero-order valence-electron chi connectivity index (χ0n) is 15.0. The van der Waals surface area contributed by atoms with E-state index in [0.717, 1.165) is 6.92 Å². The second-order valence-electron chi connectivity index (χ2n) is 5.63. The highest BCUT2D eigenvalue weighted by molar-refractivity contribution is 14.1. The number of benzene rings is 1. The van der Waals surface area contributed by atoms with Gasteiger partial charge in [-0.15, -0.1) is 0 Å². The SMILES string of the molecule is CC(=O)OC(C)C(=O)Nc1c(I)c(C(=O)Cl)c(I)c(C(=O)NCC(O)CO)c1I. The minimum atomic E-state index is -1.16. The van der Waals surface area contributed by atoms with Crippen molar-refractivity contribution in [1.82, 2.24) is 5.32 Å². The second kappa shape index (κ2) is 11.9. The van der Waals surface area contributed by atoms with Gasteiger partial charge in [-0.3, -0.25) is 19.2 Å². The molecule has 2 amide bonds. The molecule has 9 nitrogen and oxygen atoms in total. The molecule has 0 aliphatic carbocycles. The van der Waals surface area contributed by atoms with Crippen LogP contribution in [0.3, 0.4) is 0 Å². The Morgan fingerprint density at radius 2 is 1.66 bits per heavy atom. The predicted molar refractivity (Wildman–Crippen MR) is 130 cm³/mol. The van der Waals surface area contributed by atoms with Crippen LogP contribution >= 0.6 is 79.4 Å². The first-order chi connectivity index (χ1) is 13.4. The van der Waals surface area contributed by atoms with E-state index in [-0.39, 0.29) is 26.9 Å². The summed E-state index contributed by atoms with van der Waals surface area (Å²) in [6, 6.07) is 0. The quantitative estimate of drug-likeness (QED) is 0.180. The molecule has 4 N–H and O–H groups in total. The summed E-state index contributed by atoms with van der Waals surface area (Å²) < 4.78 is 5.73. The van der Waals surface area contributed by atoms with Gasteiger partial charge in [-0.2, -0.15) is 0 Å². The molecule has 0 saturated carbocycles. The molecule has 29 heavy (non-hydrogen) atoms.